The van der Waals surface area contributed by atoms with Gasteiger partial charge in [0.25, 0.3) is 0 Å². The van der Waals surface area contributed by atoms with Gasteiger partial charge in [0.2, 0.25) is 5.69 Å². The first-order valence-corrected chi connectivity index (χ1v) is 19.0. The van der Waals surface area contributed by atoms with Gasteiger partial charge >= 0.3 is 0 Å². The van der Waals surface area contributed by atoms with E-state index in [1.807, 2.05) is 0 Å². The third-order valence-corrected chi connectivity index (χ3v) is 11.2. The second-order valence-corrected chi connectivity index (χ2v) is 15.3. The smallest absolute Gasteiger partial charge is 0.210 e. The number of halogens is 2. The van der Waals surface area contributed by atoms with Crippen molar-refractivity contribution in [1.29, 1.82) is 0 Å². The fraction of sp³-hybridized carbons (Fsp3) is 0.390. The first-order chi connectivity index (χ1) is 21.8. The maximum absolute atomic E-state index is 3.63. The van der Waals surface area contributed by atoms with Crippen LogP contribution in [0.5, 0.6) is 0 Å². The predicted molar refractivity (Wildman–Crippen MR) is 204 cm³/mol. The van der Waals surface area contributed by atoms with Crippen molar-refractivity contribution in [3.8, 4) is 0 Å². The number of fused-ring (bicyclic) bond motifs is 6. The van der Waals surface area contributed by atoms with Crippen LogP contribution in [0.2, 0.25) is 0 Å². The van der Waals surface area contributed by atoms with Gasteiger partial charge in [-0.25, -0.2) is 0 Å². The Morgan fingerprint density at radius 1 is 0.667 bits per heavy atom. The van der Waals surface area contributed by atoms with E-state index >= 15 is 0 Å². The van der Waals surface area contributed by atoms with Crippen molar-refractivity contribution in [3.63, 3.8) is 0 Å². The Balaban J connectivity index is 1.42. The Morgan fingerprint density at radius 2 is 1.29 bits per heavy atom. The van der Waals surface area contributed by atoms with Crippen LogP contribution in [0.15, 0.2) is 96.7 Å². The molecule has 2 heterocycles. The second kappa shape index (κ2) is 13.6. The van der Waals surface area contributed by atoms with Crippen molar-refractivity contribution in [1.82, 2.24) is 0 Å². The van der Waals surface area contributed by atoms with Gasteiger partial charge in [0.05, 0.1) is 5.41 Å². The average Bonchev–Trinajstić information content (AvgIpc) is 3.40. The summed E-state index contributed by atoms with van der Waals surface area (Å²) in [6, 6.07) is 27.1. The molecule has 2 aliphatic heterocycles. The lowest BCUT2D eigenvalue weighted by molar-refractivity contribution is -0.438. The molecule has 234 valence electrons. The molecule has 2 nitrogen and oxygen atoms in total. The van der Waals surface area contributed by atoms with Crippen LogP contribution in [0.4, 0.5) is 11.4 Å². The van der Waals surface area contributed by atoms with E-state index in [1.54, 1.807) is 0 Å². The van der Waals surface area contributed by atoms with Crippen LogP contribution in [0.1, 0.15) is 77.3 Å². The van der Waals surface area contributed by atoms with Gasteiger partial charge in [0.1, 0.15) is 6.54 Å². The molecule has 0 bridgehead atoms. The number of rotatable bonds is 12. The molecule has 0 fully saturated rings. The minimum Gasteiger partial charge on any atom is -0.344 e. The van der Waals surface area contributed by atoms with Crippen molar-refractivity contribution in [3.05, 3.63) is 108 Å². The minimum atomic E-state index is -0.0969. The van der Waals surface area contributed by atoms with E-state index in [0.29, 0.717) is 0 Å². The van der Waals surface area contributed by atoms with E-state index in [9.17, 15) is 0 Å². The summed E-state index contributed by atoms with van der Waals surface area (Å²) in [5.74, 6) is 0. The van der Waals surface area contributed by atoms with Crippen LogP contribution in [0.25, 0.3) is 21.5 Å². The van der Waals surface area contributed by atoms with Gasteiger partial charge in [-0.1, -0.05) is 113 Å². The zero-order valence-electron chi connectivity index (χ0n) is 27.4. The van der Waals surface area contributed by atoms with Crippen LogP contribution in [0, 0.1) is 0 Å². The molecule has 0 atom stereocenters. The number of allylic oxidation sites excluding steroid dienone is 4. The van der Waals surface area contributed by atoms with Gasteiger partial charge in [-0.2, -0.15) is 4.58 Å². The number of anilines is 1. The van der Waals surface area contributed by atoms with E-state index in [0.717, 1.165) is 23.7 Å². The van der Waals surface area contributed by atoms with Crippen LogP contribution >= 0.6 is 31.9 Å². The minimum absolute atomic E-state index is 0.0969. The summed E-state index contributed by atoms with van der Waals surface area (Å²) in [6.07, 6.45) is 14.5. The lowest BCUT2D eigenvalue weighted by Gasteiger charge is -2.27. The average molecular weight is 728 g/mol. The molecule has 0 saturated heterocycles. The summed E-state index contributed by atoms with van der Waals surface area (Å²) in [7, 11) is 0. The Labute approximate surface area is 287 Å². The summed E-state index contributed by atoms with van der Waals surface area (Å²) < 4.78 is 2.62. The molecule has 0 spiro atoms. The first kappa shape index (κ1) is 32.3. The molecule has 6 rings (SSSR count). The number of benzene rings is 4. The third kappa shape index (κ3) is 5.98. The fourth-order valence-electron chi connectivity index (χ4n) is 7.87. The molecule has 0 unspecified atom stereocenters. The lowest BCUT2D eigenvalue weighted by atomic mass is 9.79. The number of hydrogen-bond acceptors (Lipinski definition) is 1. The molecule has 0 aromatic heterocycles. The van der Waals surface area contributed by atoms with E-state index in [-0.39, 0.29) is 10.8 Å². The summed E-state index contributed by atoms with van der Waals surface area (Å²) in [5, 5.41) is 7.55. The SMILES string of the molecule is CC1(C)C(/C=C/C=C2\N(CCCCCBr)c3ccc4ccccc4c3C2(C)C)=[N+](CCCCCBr)c2ccc3ccccc3c21. The summed E-state index contributed by atoms with van der Waals surface area (Å²) >= 11 is 7.26. The monoisotopic (exact) mass is 725 g/mol. The predicted octanol–water partition coefficient (Wildman–Crippen LogP) is 11.7. The molecule has 0 aliphatic carbocycles. The Kier molecular flexibility index (Phi) is 9.73. The number of alkyl halides is 2. The van der Waals surface area contributed by atoms with Gasteiger partial charge in [0, 0.05) is 58.1 Å². The van der Waals surface area contributed by atoms with E-state index in [1.165, 1.54) is 94.0 Å². The normalized spacial score (nSPS) is 17.7. The number of hydrogen-bond donors (Lipinski definition) is 0. The van der Waals surface area contributed by atoms with Crippen molar-refractivity contribution >= 4 is 70.5 Å². The van der Waals surface area contributed by atoms with E-state index in [4.69, 9.17) is 0 Å². The molecule has 45 heavy (non-hydrogen) atoms. The molecule has 0 saturated carbocycles. The summed E-state index contributed by atoms with van der Waals surface area (Å²) in [4.78, 5) is 2.62. The van der Waals surface area contributed by atoms with Gasteiger partial charge in [-0.05, 0) is 84.8 Å². The second-order valence-electron chi connectivity index (χ2n) is 13.7. The highest BCUT2D eigenvalue weighted by molar-refractivity contribution is 9.09. The fourth-order valence-corrected chi connectivity index (χ4v) is 8.66. The molecule has 4 heteroatoms. The maximum Gasteiger partial charge on any atom is 0.210 e. The topological polar surface area (TPSA) is 6.25 Å². The Hall–Kier alpha value is -2.69. The maximum atomic E-state index is 3.63. The van der Waals surface area contributed by atoms with E-state index < -0.39 is 0 Å². The summed E-state index contributed by atoms with van der Waals surface area (Å²) in [6.45, 7) is 11.8. The third-order valence-electron chi connectivity index (χ3n) is 10.0. The van der Waals surface area contributed by atoms with Gasteiger partial charge in [-0.15, -0.1) is 0 Å². The highest BCUT2D eigenvalue weighted by Gasteiger charge is 2.45. The number of nitrogens with zero attached hydrogens (tertiary/aromatic N) is 2. The molecule has 0 N–H and O–H groups in total. The molecular formula is C41H47Br2N2+. The Bertz CT molecular complexity index is 1790. The molecule has 2 aliphatic rings. The van der Waals surface area contributed by atoms with E-state index in [2.05, 4.69) is 160 Å². The van der Waals surface area contributed by atoms with Gasteiger partial charge in [0.15, 0.2) is 5.71 Å². The molecular weight excluding hydrogens is 680 g/mol. The van der Waals surface area contributed by atoms with Crippen LogP contribution in [-0.2, 0) is 10.8 Å². The molecule has 4 aromatic carbocycles. The van der Waals surface area contributed by atoms with Crippen molar-refractivity contribution in [2.45, 2.75) is 77.0 Å². The lowest BCUT2D eigenvalue weighted by Crippen LogP contribution is -2.28. The van der Waals surface area contributed by atoms with Gasteiger partial charge < -0.3 is 4.90 Å². The van der Waals surface area contributed by atoms with Gasteiger partial charge in [-0.3, -0.25) is 0 Å². The van der Waals surface area contributed by atoms with Crippen LogP contribution in [0.3, 0.4) is 0 Å². The number of unbranched alkanes of at least 4 members (excludes halogenated alkanes) is 4. The quantitative estimate of drug-likeness (QED) is 0.0800. The first-order valence-electron chi connectivity index (χ1n) is 16.8. The summed E-state index contributed by atoms with van der Waals surface area (Å²) in [5.41, 5.74) is 8.26. The standard InChI is InChI=1S/C41H47Br2N2/c1-40(2)36(44(28-13-5-11-26-42)34-24-22-30-16-7-9-18-32(30)38(34)40)20-15-21-37-41(3,4)39-33-19-10-8-17-31(33)23-25-35(39)45(37)29-14-6-12-27-43/h7-10,15-25H,5-6,11-14,26-29H2,1-4H3/q+1. The zero-order chi connectivity index (χ0) is 31.6. The zero-order valence-corrected chi connectivity index (χ0v) is 30.6. The largest absolute Gasteiger partial charge is 0.344 e. The van der Waals surface area contributed by atoms with Crippen molar-refractivity contribution in [2.24, 2.45) is 0 Å². The molecule has 0 amide bonds. The Morgan fingerprint density at radius 3 is 1.98 bits per heavy atom. The van der Waals surface area contributed by atoms with Crippen molar-refractivity contribution in [2.75, 3.05) is 28.6 Å². The van der Waals surface area contributed by atoms with Crippen LogP contribution in [-0.4, -0.2) is 34.0 Å². The van der Waals surface area contributed by atoms with Crippen LogP contribution < -0.4 is 4.90 Å². The van der Waals surface area contributed by atoms with Crippen molar-refractivity contribution < 1.29 is 4.58 Å². The molecule has 4 aromatic rings. The highest BCUT2D eigenvalue weighted by atomic mass is 79.9. The highest BCUT2D eigenvalue weighted by Crippen LogP contribution is 2.51. The molecule has 0 radical (unpaired) electrons.